The monoisotopic (exact) mass is 287 g/mol. The lowest BCUT2D eigenvalue weighted by atomic mass is 10.0. The van der Waals surface area contributed by atoms with Crippen LogP contribution in [0.2, 0.25) is 0 Å². The lowest BCUT2D eigenvalue weighted by molar-refractivity contribution is 0.210. The van der Waals surface area contributed by atoms with Crippen LogP contribution in [0.25, 0.3) is 0 Å². The third-order valence-corrected chi connectivity index (χ3v) is 3.50. The second-order valence-corrected chi connectivity index (χ2v) is 5.27. The van der Waals surface area contributed by atoms with Crippen molar-refractivity contribution in [1.82, 2.24) is 14.9 Å². The zero-order valence-electron chi connectivity index (χ0n) is 10.1. The molecular formula is C10H18BrN5. The predicted octanol–water partition coefficient (Wildman–Crippen LogP) is 1.57. The third-order valence-electron chi connectivity index (χ3n) is 2.72. The largest absolute Gasteiger partial charge is 0.383 e. The number of aromatic nitrogens is 2. The molecule has 6 heteroatoms. The van der Waals surface area contributed by atoms with E-state index in [0.29, 0.717) is 10.3 Å². The number of rotatable bonds is 4. The number of hydrogen-bond acceptors (Lipinski definition) is 5. The minimum atomic E-state index is 0.0408. The number of nitrogen functional groups attached to an aromatic ring is 1. The second kappa shape index (κ2) is 4.97. The maximum Gasteiger partial charge on any atom is 0.146 e. The van der Waals surface area contributed by atoms with E-state index in [-0.39, 0.29) is 5.54 Å². The first-order chi connectivity index (χ1) is 7.34. The van der Waals surface area contributed by atoms with Crippen LogP contribution in [0.4, 0.5) is 11.6 Å². The topological polar surface area (TPSA) is 67.1 Å². The van der Waals surface area contributed by atoms with Gasteiger partial charge < -0.3 is 16.0 Å². The van der Waals surface area contributed by atoms with Crippen molar-refractivity contribution in [3.05, 3.63) is 10.8 Å². The van der Waals surface area contributed by atoms with Crippen molar-refractivity contribution in [3.8, 4) is 0 Å². The van der Waals surface area contributed by atoms with E-state index in [9.17, 15) is 0 Å². The van der Waals surface area contributed by atoms with Crippen LogP contribution in [0.3, 0.4) is 0 Å². The molecule has 0 amide bonds. The minimum Gasteiger partial charge on any atom is -0.383 e. The quantitative estimate of drug-likeness (QED) is 0.880. The van der Waals surface area contributed by atoms with Crippen molar-refractivity contribution in [3.63, 3.8) is 0 Å². The summed E-state index contributed by atoms with van der Waals surface area (Å²) in [5.41, 5.74) is 5.71. The van der Waals surface area contributed by atoms with Crippen LogP contribution in [-0.2, 0) is 0 Å². The molecule has 16 heavy (non-hydrogen) atoms. The number of likely N-dealkylation sites (N-methyl/N-ethyl adjacent to an activating group) is 1. The van der Waals surface area contributed by atoms with E-state index >= 15 is 0 Å². The summed E-state index contributed by atoms with van der Waals surface area (Å²) < 4.78 is 0.713. The third kappa shape index (κ3) is 3.05. The Balaban J connectivity index is 2.72. The van der Waals surface area contributed by atoms with Gasteiger partial charge in [-0.1, -0.05) is 0 Å². The summed E-state index contributed by atoms with van der Waals surface area (Å²) in [6.07, 6.45) is 1.45. The van der Waals surface area contributed by atoms with E-state index in [1.807, 2.05) is 14.1 Å². The molecule has 0 aliphatic rings. The van der Waals surface area contributed by atoms with E-state index < -0.39 is 0 Å². The van der Waals surface area contributed by atoms with Gasteiger partial charge in [0.2, 0.25) is 0 Å². The van der Waals surface area contributed by atoms with Gasteiger partial charge in [-0.3, -0.25) is 0 Å². The molecule has 0 saturated heterocycles. The van der Waals surface area contributed by atoms with Crippen LogP contribution in [0.15, 0.2) is 10.8 Å². The average molecular weight is 288 g/mol. The fourth-order valence-electron chi connectivity index (χ4n) is 0.965. The Kier molecular flexibility index (Phi) is 4.09. The standard InChI is InChI=1S/C10H18BrN5/c1-10(2,16(3)4)5-13-9-7(11)8(12)14-6-15-9/h6H,5H2,1-4H3,(H3,12,13,14,15). The molecule has 0 unspecified atom stereocenters. The second-order valence-electron chi connectivity index (χ2n) is 4.48. The Morgan fingerprint density at radius 1 is 1.44 bits per heavy atom. The van der Waals surface area contributed by atoms with Crippen molar-refractivity contribution in [1.29, 1.82) is 0 Å². The van der Waals surface area contributed by atoms with E-state index in [1.54, 1.807) is 0 Å². The molecule has 0 saturated carbocycles. The molecule has 3 N–H and O–H groups in total. The first kappa shape index (κ1) is 13.2. The maximum atomic E-state index is 5.67. The van der Waals surface area contributed by atoms with Crippen molar-refractivity contribution >= 4 is 27.6 Å². The lowest BCUT2D eigenvalue weighted by Crippen LogP contribution is -2.44. The maximum absolute atomic E-state index is 5.67. The number of anilines is 2. The van der Waals surface area contributed by atoms with Gasteiger partial charge in [0.1, 0.15) is 22.4 Å². The molecular weight excluding hydrogens is 270 g/mol. The van der Waals surface area contributed by atoms with Crippen molar-refractivity contribution in [2.75, 3.05) is 31.7 Å². The molecule has 1 heterocycles. The molecule has 0 fully saturated rings. The molecule has 0 aliphatic carbocycles. The molecule has 0 atom stereocenters. The lowest BCUT2D eigenvalue weighted by Gasteiger charge is -2.32. The number of nitrogens with one attached hydrogen (secondary N) is 1. The molecule has 0 aromatic carbocycles. The zero-order chi connectivity index (χ0) is 12.3. The number of nitrogens with two attached hydrogens (primary N) is 1. The summed E-state index contributed by atoms with van der Waals surface area (Å²) in [7, 11) is 4.09. The van der Waals surface area contributed by atoms with Gasteiger partial charge in [0.15, 0.2) is 0 Å². The molecule has 0 radical (unpaired) electrons. The van der Waals surface area contributed by atoms with Crippen LogP contribution < -0.4 is 11.1 Å². The van der Waals surface area contributed by atoms with Crippen molar-refractivity contribution < 1.29 is 0 Å². The Hall–Kier alpha value is -0.880. The first-order valence-electron chi connectivity index (χ1n) is 5.02. The predicted molar refractivity (Wildman–Crippen MR) is 70.4 cm³/mol. The zero-order valence-corrected chi connectivity index (χ0v) is 11.7. The van der Waals surface area contributed by atoms with Gasteiger partial charge in [-0.2, -0.15) is 0 Å². The number of nitrogens with zero attached hydrogens (tertiary/aromatic N) is 3. The van der Waals surface area contributed by atoms with E-state index in [1.165, 1.54) is 6.33 Å². The van der Waals surface area contributed by atoms with Crippen molar-refractivity contribution in [2.24, 2.45) is 0 Å². The number of halogens is 1. The van der Waals surface area contributed by atoms with Crippen LogP contribution in [0, 0.1) is 0 Å². The van der Waals surface area contributed by atoms with Gasteiger partial charge in [-0.05, 0) is 43.9 Å². The Bertz CT molecular complexity index is 364. The van der Waals surface area contributed by atoms with E-state index in [4.69, 9.17) is 5.73 Å². The van der Waals surface area contributed by atoms with Gasteiger partial charge in [0, 0.05) is 12.1 Å². The van der Waals surface area contributed by atoms with E-state index in [0.717, 1.165) is 12.4 Å². The van der Waals surface area contributed by atoms with Gasteiger partial charge in [-0.15, -0.1) is 0 Å². The first-order valence-corrected chi connectivity index (χ1v) is 5.81. The SMILES string of the molecule is CN(C)C(C)(C)CNc1ncnc(N)c1Br. The molecule has 1 aromatic rings. The summed E-state index contributed by atoms with van der Waals surface area (Å²) in [5, 5.41) is 3.26. The fourth-order valence-corrected chi connectivity index (χ4v) is 1.31. The highest BCUT2D eigenvalue weighted by atomic mass is 79.9. The van der Waals surface area contributed by atoms with Crippen LogP contribution in [0.1, 0.15) is 13.8 Å². The van der Waals surface area contributed by atoms with E-state index in [2.05, 4.69) is 50.0 Å². The molecule has 1 aromatic heterocycles. The Morgan fingerprint density at radius 3 is 2.62 bits per heavy atom. The van der Waals surface area contributed by atoms with Crippen LogP contribution >= 0.6 is 15.9 Å². The summed E-state index contributed by atoms with van der Waals surface area (Å²) in [4.78, 5) is 10.2. The molecule has 0 bridgehead atoms. The summed E-state index contributed by atoms with van der Waals surface area (Å²) in [6, 6.07) is 0. The summed E-state index contributed by atoms with van der Waals surface area (Å²) in [6.45, 7) is 5.08. The van der Waals surface area contributed by atoms with Gasteiger partial charge in [-0.25, -0.2) is 9.97 Å². The smallest absolute Gasteiger partial charge is 0.146 e. The highest BCUT2D eigenvalue weighted by Crippen LogP contribution is 2.24. The van der Waals surface area contributed by atoms with Gasteiger partial charge >= 0.3 is 0 Å². The highest BCUT2D eigenvalue weighted by molar-refractivity contribution is 9.10. The number of hydrogen-bond donors (Lipinski definition) is 2. The molecule has 1 rings (SSSR count). The van der Waals surface area contributed by atoms with Crippen LogP contribution in [-0.4, -0.2) is 41.0 Å². The molecule has 0 spiro atoms. The highest BCUT2D eigenvalue weighted by Gasteiger charge is 2.20. The molecule has 5 nitrogen and oxygen atoms in total. The Morgan fingerprint density at radius 2 is 2.06 bits per heavy atom. The van der Waals surface area contributed by atoms with Gasteiger partial charge in [0.05, 0.1) is 0 Å². The fraction of sp³-hybridized carbons (Fsp3) is 0.600. The normalized spacial score (nSPS) is 11.9. The van der Waals surface area contributed by atoms with Crippen molar-refractivity contribution in [2.45, 2.75) is 19.4 Å². The molecule has 0 aliphatic heterocycles. The minimum absolute atomic E-state index is 0.0408. The summed E-state index contributed by atoms with van der Waals surface area (Å²) in [5.74, 6) is 1.17. The summed E-state index contributed by atoms with van der Waals surface area (Å²) >= 11 is 3.36. The van der Waals surface area contributed by atoms with Gasteiger partial charge in [0.25, 0.3) is 0 Å². The Labute approximate surface area is 105 Å². The molecule has 90 valence electrons. The average Bonchev–Trinajstić information content (AvgIpc) is 2.20. The van der Waals surface area contributed by atoms with Crippen LogP contribution in [0.5, 0.6) is 0 Å².